The Morgan fingerprint density at radius 2 is 2.14 bits per heavy atom. The van der Waals surface area contributed by atoms with Gasteiger partial charge in [-0.2, -0.15) is 4.98 Å². The molecule has 3 N–H and O–H groups in total. The average molecular weight is 309 g/mol. The van der Waals surface area contributed by atoms with Crippen LogP contribution in [0.25, 0.3) is 0 Å². The van der Waals surface area contributed by atoms with E-state index in [1.54, 1.807) is 0 Å². The summed E-state index contributed by atoms with van der Waals surface area (Å²) in [5.41, 5.74) is 1.80. The minimum absolute atomic E-state index is 0.0327. The zero-order valence-corrected chi connectivity index (χ0v) is 13.2. The molecule has 1 aromatic rings. The molecule has 6 nitrogen and oxygen atoms in total. The predicted octanol–water partition coefficient (Wildman–Crippen LogP) is 1.43. The first kappa shape index (κ1) is 14.2. The number of hydrogen-bond acceptors (Lipinski definition) is 6. The van der Waals surface area contributed by atoms with Crippen molar-refractivity contribution >= 4 is 5.69 Å². The topological polar surface area (TPSA) is 87.5 Å². The van der Waals surface area contributed by atoms with Crippen LogP contribution in [0.3, 0.4) is 0 Å². The molecule has 0 radical (unpaired) electrons. The van der Waals surface area contributed by atoms with Crippen LogP contribution in [0.2, 0.25) is 0 Å². The van der Waals surface area contributed by atoms with Crippen molar-refractivity contribution in [3.8, 4) is 5.88 Å². The van der Waals surface area contributed by atoms with Crippen molar-refractivity contribution in [2.24, 2.45) is 11.8 Å². The molecule has 1 aromatic heterocycles. The van der Waals surface area contributed by atoms with Gasteiger partial charge in [-0.05, 0) is 45.4 Å². The molecule has 3 rings (SSSR count). The number of nitrogens with one attached hydrogen (secondary N) is 1. The lowest BCUT2D eigenvalue weighted by Gasteiger charge is -2.35. The molecule has 1 aliphatic heterocycles. The SMILES string of the molecule is [3H]OCCC[C@H]1C[C@H](CCO)[C@H]2Oc3nc(C)nc(C)c3N[C@@H]12. The molecule has 122 valence electrons. The van der Waals surface area contributed by atoms with Gasteiger partial charge in [-0.3, -0.25) is 0 Å². The third kappa shape index (κ3) is 2.77. The van der Waals surface area contributed by atoms with Crippen LogP contribution in [0.1, 0.15) is 37.2 Å². The maximum absolute atomic E-state index is 9.35. The van der Waals surface area contributed by atoms with Crippen LogP contribution in [0.15, 0.2) is 0 Å². The Hall–Kier alpha value is -1.40. The maximum atomic E-state index is 9.35. The Balaban J connectivity index is 1.82. The minimum atomic E-state index is 0.0327. The highest BCUT2D eigenvalue weighted by Gasteiger charge is 2.47. The van der Waals surface area contributed by atoms with Crippen molar-refractivity contribution in [1.29, 1.82) is 1.43 Å². The summed E-state index contributed by atoms with van der Waals surface area (Å²) in [6.07, 6.45) is 3.64. The van der Waals surface area contributed by atoms with E-state index in [1.165, 1.54) is 0 Å². The van der Waals surface area contributed by atoms with Crippen LogP contribution < -0.4 is 10.1 Å². The summed E-state index contributed by atoms with van der Waals surface area (Å²) < 4.78 is 13.0. The van der Waals surface area contributed by atoms with Crippen molar-refractivity contribution in [2.75, 3.05) is 18.5 Å². The highest BCUT2D eigenvalue weighted by atomic mass is 16.5. The molecule has 0 amide bonds. The van der Waals surface area contributed by atoms with Gasteiger partial charge in [-0.15, -0.1) is 0 Å². The van der Waals surface area contributed by atoms with Crippen LogP contribution in [0.4, 0.5) is 5.69 Å². The first-order valence-corrected chi connectivity index (χ1v) is 8.11. The van der Waals surface area contributed by atoms with Gasteiger partial charge in [-0.25, -0.2) is 4.98 Å². The first-order chi connectivity index (χ1) is 11.1. The molecule has 6 heteroatoms. The van der Waals surface area contributed by atoms with Gasteiger partial charge in [0, 0.05) is 19.1 Å². The second kappa shape index (κ2) is 6.38. The number of aliphatic hydroxyl groups is 2. The molecule has 0 aromatic carbocycles. The average Bonchev–Trinajstić information content (AvgIpc) is 2.84. The first-order valence-electron chi connectivity index (χ1n) is 8.52. The molecule has 0 bridgehead atoms. The molecule has 0 saturated heterocycles. The van der Waals surface area contributed by atoms with Crippen LogP contribution >= 0.6 is 0 Å². The molecule has 0 unspecified atom stereocenters. The van der Waals surface area contributed by atoms with E-state index in [-0.39, 0.29) is 18.8 Å². The van der Waals surface area contributed by atoms with Crippen LogP contribution in [0.5, 0.6) is 5.88 Å². The number of anilines is 1. The number of rotatable bonds is 6. The summed E-state index contributed by atoms with van der Waals surface area (Å²) >= 11 is 0. The molecule has 4 atom stereocenters. The summed E-state index contributed by atoms with van der Waals surface area (Å²) in [5, 5.41) is 17.4. The van der Waals surface area contributed by atoms with E-state index in [2.05, 4.69) is 20.4 Å². The molecule has 1 aliphatic carbocycles. The second-order valence-electron chi connectivity index (χ2n) is 6.40. The highest BCUT2D eigenvalue weighted by molar-refractivity contribution is 5.59. The van der Waals surface area contributed by atoms with Gasteiger partial charge in [0.15, 0.2) is 0 Å². The van der Waals surface area contributed by atoms with E-state index >= 15 is 0 Å². The van der Waals surface area contributed by atoms with Gasteiger partial charge in [0.05, 0.1) is 11.7 Å². The summed E-state index contributed by atoms with van der Waals surface area (Å²) in [4.78, 5) is 8.85. The molecule has 2 aliphatic rings. The van der Waals surface area contributed by atoms with Crippen molar-refractivity contribution in [3.05, 3.63) is 11.5 Å². The maximum Gasteiger partial charge on any atom is 0.241 e. The Morgan fingerprint density at radius 3 is 2.91 bits per heavy atom. The third-order valence-electron chi connectivity index (χ3n) is 4.88. The smallest absolute Gasteiger partial charge is 0.241 e. The Morgan fingerprint density at radius 1 is 1.27 bits per heavy atom. The number of ether oxygens (including phenoxy) is 1. The molecule has 1 saturated carbocycles. The normalized spacial score (nSPS) is 30.0. The zero-order valence-electron chi connectivity index (χ0n) is 14.2. The lowest BCUT2D eigenvalue weighted by molar-refractivity contribution is 0.113. The van der Waals surface area contributed by atoms with Gasteiger partial charge in [0.2, 0.25) is 7.31 Å². The monoisotopic (exact) mass is 309 g/mol. The summed E-state index contributed by atoms with van der Waals surface area (Å²) in [5.74, 6) is 2.11. The highest BCUT2D eigenvalue weighted by Crippen LogP contribution is 2.45. The third-order valence-corrected chi connectivity index (χ3v) is 4.88. The Labute approximate surface area is 132 Å². The lowest BCUT2D eigenvalue weighted by Crippen LogP contribution is -2.44. The number of aryl methyl sites for hydroxylation is 2. The summed E-state index contributed by atoms with van der Waals surface area (Å²) in [7, 11) is 0. The number of fused-ring (bicyclic) bond motifs is 2. The van der Waals surface area contributed by atoms with Crippen LogP contribution in [-0.2, 0) is 0 Å². The zero-order chi connectivity index (χ0) is 16.4. The van der Waals surface area contributed by atoms with E-state index in [0.717, 1.165) is 37.1 Å². The van der Waals surface area contributed by atoms with E-state index in [0.29, 0.717) is 30.1 Å². The summed E-state index contributed by atoms with van der Waals surface area (Å²) in [6.45, 7) is 4.46. The van der Waals surface area contributed by atoms with Crippen molar-refractivity contribution in [1.82, 2.24) is 9.97 Å². The fraction of sp³-hybridized carbons (Fsp3) is 0.750. The molecular formula is C16H25N3O3. The molecule has 1 fully saturated rings. The quantitative estimate of drug-likeness (QED) is 0.689. The molecule has 2 heterocycles. The van der Waals surface area contributed by atoms with E-state index in [9.17, 15) is 5.11 Å². The summed E-state index contributed by atoms with van der Waals surface area (Å²) in [6, 6.07) is 0.204. The van der Waals surface area contributed by atoms with Crippen molar-refractivity contribution in [2.45, 2.75) is 51.7 Å². The fourth-order valence-electron chi connectivity index (χ4n) is 3.92. The van der Waals surface area contributed by atoms with E-state index in [1.807, 2.05) is 13.8 Å². The second-order valence-corrected chi connectivity index (χ2v) is 6.40. The fourth-order valence-corrected chi connectivity index (χ4v) is 3.92. The predicted molar refractivity (Wildman–Crippen MR) is 83.0 cm³/mol. The van der Waals surface area contributed by atoms with E-state index in [4.69, 9.17) is 6.17 Å². The lowest BCUT2D eigenvalue weighted by atomic mass is 9.96. The van der Waals surface area contributed by atoms with Gasteiger partial charge in [-0.1, -0.05) is 0 Å². The van der Waals surface area contributed by atoms with Crippen molar-refractivity contribution < 1.29 is 15.0 Å². The Bertz CT molecular complexity index is 558. The van der Waals surface area contributed by atoms with E-state index < -0.39 is 0 Å². The molecular weight excluding hydrogens is 282 g/mol. The van der Waals surface area contributed by atoms with Gasteiger partial charge in [0.1, 0.15) is 17.6 Å². The number of aliphatic hydroxyl groups excluding tert-OH is 2. The number of nitrogens with zero attached hydrogens (tertiary/aromatic N) is 2. The van der Waals surface area contributed by atoms with Gasteiger partial charge >= 0.3 is 0 Å². The largest absolute Gasteiger partial charge is 0.470 e. The van der Waals surface area contributed by atoms with Gasteiger partial charge < -0.3 is 20.3 Å². The molecule has 22 heavy (non-hydrogen) atoms. The Kier molecular flexibility index (Phi) is 4.12. The van der Waals surface area contributed by atoms with Crippen LogP contribution in [0, 0.1) is 25.7 Å². The van der Waals surface area contributed by atoms with Gasteiger partial charge in [0.25, 0.3) is 0 Å². The standard InChI is InChI=1S/C16H25N3O3/c1-9-13-16(18-10(2)17-9)22-15-12(5-7-21)8-11(4-3-6-20)14(15)19-13/h11-12,14-15,19-21H,3-8H2,1-2H3/t11-,12-,14-,15+/m0/s1/i20T. The van der Waals surface area contributed by atoms with Crippen LogP contribution in [-0.4, -0.2) is 47.0 Å². The minimum Gasteiger partial charge on any atom is -0.470 e. The molecule has 0 spiro atoms. The number of hydrogen-bond donors (Lipinski definition) is 3. The van der Waals surface area contributed by atoms with Crippen molar-refractivity contribution in [3.63, 3.8) is 0 Å². The number of aromatic nitrogens is 2.